The number of hydrogen-bond acceptors (Lipinski definition) is 2. The van der Waals surface area contributed by atoms with Gasteiger partial charge in [-0.3, -0.25) is 9.47 Å². The largest absolute Gasteiger partial charge is 0.443 e. The van der Waals surface area contributed by atoms with E-state index in [4.69, 9.17) is 0 Å². The number of hydrogen-bond donors (Lipinski definition) is 0. The van der Waals surface area contributed by atoms with Crippen LogP contribution in [0.5, 0.6) is 0 Å². The highest BCUT2D eigenvalue weighted by Gasteiger charge is 2.74. The van der Waals surface area contributed by atoms with Crippen LogP contribution in [-0.2, 0) is 9.47 Å². The molecule has 2 nitrogen and oxygen atoms in total. The first-order valence-electron chi connectivity index (χ1n) is 3.45. The van der Waals surface area contributed by atoms with Crippen molar-refractivity contribution in [3.05, 3.63) is 0 Å². The van der Waals surface area contributed by atoms with Crippen molar-refractivity contribution in [2.75, 3.05) is 0 Å². The second-order valence-corrected chi connectivity index (χ2v) is 3.08. The Kier molecular flexibility index (Phi) is 2.10. The van der Waals surface area contributed by atoms with Gasteiger partial charge in [-0.15, -0.1) is 0 Å². The molecule has 0 amide bonds. The predicted octanol–water partition coefficient (Wildman–Crippen LogP) is 2.59. The summed E-state index contributed by atoms with van der Waals surface area (Å²) >= 11 is 0. The third kappa shape index (κ3) is 1.46. The molecule has 1 rings (SSSR count). The van der Waals surface area contributed by atoms with Crippen LogP contribution in [0, 0.1) is 0 Å². The van der Waals surface area contributed by atoms with E-state index in [1.54, 1.807) is 0 Å². The first kappa shape index (κ1) is 11.6. The second kappa shape index (κ2) is 2.54. The van der Waals surface area contributed by atoms with Gasteiger partial charge in [-0.05, 0) is 6.92 Å². The van der Waals surface area contributed by atoms with E-state index in [-0.39, 0.29) is 13.8 Å². The summed E-state index contributed by atoms with van der Waals surface area (Å²) in [5.74, 6) is -7.42. The molecule has 1 aliphatic rings. The van der Waals surface area contributed by atoms with E-state index in [1.165, 1.54) is 0 Å². The highest BCUT2D eigenvalue weighted by Crippen LogP contribution is 2.52. The van der Waals surface area contributed by atoms with E-state index < -0.39 is 23.9 Å². The van der Waals surface area contributed by atoms with Gasteiger partial charge < -0.3 is 0 Å². The van der Waals surface area contributed by atoms with Crippen molar-refractivity contribution in [2.45, 2.75) is 37.8 Å². The van der Waals surface area contributed by atoms with Crippen molar-refractivity contribution in [1.29, 1.82) is 0 Å². The molecule has 14 heavy (non-hydrogen) atoms. The van der Waals surface area contributed by atoms with Crippen LogP contribution in [0.15, 0.2) is 0 Å². The molecular formula is C6H6F6O2. The summed E-state index contributed by atoms with van der Waals surface area (Å²) in [5.41, 5.74) is 0. The van der Waals surface area contributed by atoms with E-state index in [1.807, 2.05) is 0 Å². The molecule has 0 saturated carbocycles. The number of rotatable bonds is 0. The molecule has 0 aromatic carbocycles. The number of alkyl halides is 6. The van der Waals surface area contributed by atoms with E-state index in [2.05, 4.69) is 9.47 Å². The molecule has 1 fully saturated rings. The Hall–Kier alpha value is -0.500. The van der Waals surface area contributed by atoms with E-state index in [9.17, 15) is 26.3 Å². The van der Waals surface area contributed by atoms with Gasteiger partial charge in [-0.2, -0.15) is 22.0 Å². The summed E-state index contributed by atoms with van der Waals surface area (Å²) in [5, 5.41) is 0. The molecule has 0 bridgehead atoms. The van der Waals surface area contributed by atoms with Crippen molar-refractivity contribution in [3.63, 3.8) is 0 Å². The van der Waals surface area contributed by atoms with Crippen molar-refractivity contribution >= 4 is 0 Å². The van der Waals surface area contributed by atoms with Crippen LogP contribution in [0.25, 0.3) is 0 Å². The van der Waals surface area contributed by atoms with Gasteiger partial charge in [0.25, 0.3) is 5.79 Å². The molecule has 2 atom stereocenters. The van der Waals surface area contributed by atoms with Crippen LogP contribution in [0.3, 0.4) is 0 Å². The maximum Gasteiger partial charge on any atom is 0.443 e. The number of halogens is 6. The lowest BCUT2D eigenvalue weighted by molar-refractivity contribution is -0.370. The Bertz CT molecular complexity index is 229. The smallest absolute Gasteiger partial charge is 0.298 e. The fourth-order valence-corrected chi connectivity index (χ4v) is 0.897. The van der Waals surface area contributed by atoms with Gasteiger partial charge in [0.15, 0.2) is 0 Å². The fraction of sp³-hybridized carbons (Fsp3) is 1.00. The normalized spacial score (nSPS) is 42.9. The lowest BCUT2D eigenvalue weighted by Gasteiger charge is -2.24. The first-order valence-corrected chi connectivity index (χ1v) is 3.45. The minimum absolute atomic E-state index is 0.171. The quantitative estimate of drug-likeness (QED) is 0.589. The summed E-state index contributed by atoms with van der Waals surface area (Å²) in [7, 11) is 0. The fourth-order valence-electron chi connectivity index (χ4n) is 0.897. The molecule has 2 unspecified atom stereocenters. The monoisotopic (exact) mass is 224 g/mol. The standard InChI is InChI=1S/C6H6F6O2/c1-3(7)6(11,12)14-4(2,13-3)5(8,9)10/h1-2H3. The van der Waals surface area contributed by atoms with Crippen LogP contribution in [0.2, 0.25) is 0 Å². The van der Waals surface area contributed by atoms with Gasteiger partial charge in [0, 0.05) is 6.92 Å². The third-order valence-electron chi connectivity index (χ3n) is 1.74. The Balaban J connectivity index is 3.03. The molecule has 0 aromatic heterocycles. The molecule has 0 spiro atoms. The molecule has 0 N–H and O–H groups in total. The van der Waals surface area contributed by atoms with Crippen molar-refractivity contribution < 1.29 is 35.8 Å². The number of ether oxygens (including phenoxy) is 2. The van der Waals surface area contributed by atoms with Crippen LogP contribution < -0.4 is 0 Å². The van der Waals surface area contributed by atoms with Crippen LogP contribution in [0.4, 0.5) is 26.3 Å². The van der Waals surface area contributed by atoms with Crippen LogP contribution in [0.1, 0.15) is 13.8 Å². The van der Waals surface area contributed by atoms with Gasteiger partial charge in [0.05, 0.1) is 0 Å². The third-order valence-corrected chi connectivity index (χ3v) is 1.74. The molecule has 0 aromatic rings. The molecule has 1 aliphatic heterocycles. The minimum atomic E-state index is -5.24. The Morgan fingerprint density at radius 1 is 0.929 bits per heavy atom. The van der Waals surface area contributed by atoms with E-state index in [0.717, 1.165) is 0 Å². The van der Waals surface area contributed by atoms with Gasteiger partial charge in [-0.25, -0.2) is 4.39 Å². The maximum absolute atomic E-state index is 12.8. The van der Waals surface area contributed by atoms with Crippen LogP contribution in [-0.4, -0.2) is 23.9 Å². The second-order valence-electron chi connectivity index (χ2n) is 3.08. The highest BCUT2D eigenvalue weighted by atomic mass is 19.4. The van der Waals surface area contributed by atoms with Gasteiger partial charge in [0.2, 0.25) is 0 Å². The van der Waals surface area contributed by atoms with Crippen molar-refractivity contribution in [3.8, 4) is 0 Å². The molecule has 0 aliphatic carbocycles. The lowest BCUT2D eigenvalue weighted by atomic mass is 10.3. The van der Waals surface area contributed by atoms with Gasteiger partial charge >= 0.3 is 18.1 Å². The van der Waals surface area contributed by atoms with Crippen molar-refractivity contribution in [2.24, 2.45) is 0 Å². The Morgan fingerprint density at radius 2 is 1.36 bits per heavy atom. The molecule has 84 valence electrons. The average Bonchev–Trinajstić information content (AvgIpc) is 1.95. The zero-order valence-corrected chi connectivity index (χ0v) is 7.08. The first-order chi connectivity index (χ1) is 5.91. The topological polar surface area (TPSA) is 18.5 Å². The average molecular weight is 224 g/mol. The minimum Gasteiger partial charge on any atom is -0.298 e. The zero-order valence-electron chi connectivity index (χ0n) is 7.08. The summed E-state index contributed by atoms with van der Waals surface area (Å²) in [6.45, 7) is 0.357. The zero-order chi connectivity index (χ0) is 11.4. The molecule has 8 heteroatoms. The Morgan fingerprint density at radius 3 is 1.50 bits per heavy atom. The maximum atomic E-state index is 12.8. The van der Waals surface area contributed by atoms with Gasteiger partial charge in [-0.1, -0.05) is 0 Å². The SMILES string of the molecule is CC1(F)OC(C)(C(F)(F)F)OC1(F)F. The lowest BCUT2D eigenvalue weighted by Crippen LogP contribution is -2.44. The molecule has 0 radical (unpaired) electrons. The summed E-state index contributed by atoms with van der Waals surface area (Å²) in [6.07, 6.45) is -9.86. The summed E-state index contributed by atoms with van der Waals surface area (Å²) in [4.78, 5) is 0. The highest BCUT2D eigenvalue weighted by molar-refractivity contribution is 4.90. The van der Waals surface area contributed by atoms with E-state index >= 15 is 0 Å². The summed E-state index contributed by atoms with van der Waals surface area (Å²) < 4.78 is 80.9. The predicted molar refractivity (Wildman–Crippen MR) is 31.1 cm³/mol. The summed E-state index contributed by atoms with van der Waals surface area (Å²) in [6, 6.07) is 0. The van der Waals surface area contributed by atoms with Gasteiger partial charge in [0.1, 0.15) is 0 Å². The van der Waals surface area contributed by atoms with Crippen molar-refractivity contribution in [1.82, 2.24) is 0 Å². The van der Waals surface area contributed by atoms with Crippen LogP contribution >= 0.6 is 0 Å². The molecule has 1 saturated heterocycles. The Labute approximate surface area is 74.8 Å². The molecule has 1 heterocycles. The van der Waals surface area contributed by atoms with E-state index in [0.29, 0.717) is 0 Å². The molecular weight excluding hydrogens is 218 g/mol.